The summed E-state index contributed by atoms with van der Waals surface area (Å²) in [5.41, 5.74) is 2.14. The number of amides is 1. The fourth-order valence-electron chi connectivity index (χ4n) is 2.66. The van der Waals surface area contributed by atoms with E-state index in [4.69, 9.17) is 0 Å². The summed E-state index contributed by atoms with van der Waals surface area (Å²) < 4.78 is 0. The molecule has 4 nitrogen and oxygen atoms in total. The van der Waals surface area contributed by atoms with Gasteiger partial charge in [0.25, 0.3) is 0 Å². The highest BCUT2D eigenvalue weighted by Crippen LogP contribution is 2.29. The van der Waals surface area contributed by atoms with Crippen LogP contribution in [-0.4, -0.2) is 41.3 Å². The van der Waals surface area contributed by atoms with Gasteiger partial charge in [-0.3, -0.25) is 14.6 Å². The zero-order valence-electron chi connectivity index (χ0n) is 9.84. The van der Waals surface area contributed by atoms with Crippen molar-refractivity contribution in [3.63, 3.8) is 0 Å². The summed E-state index contributed by atoms with van der Waals surface area (Å²) in [4.78, 5) is 16.0. The van der Waals surface area contributed by atoms with Crippen LogP contribution in [0.25, 0.3) is 0 Å². The Bertz CT molecular complexity index is 443. The average Bonchev–Trinajstić information content (AvgIpc) is 2.79. The Kier molecular flexibility index (Phi) is 2.42. The second kappa shape index (κ2) is 3.82. The van der Waals surface area contributed by atoms with Crippen molar-refractivity contribution in [3.8, 4) is 0 Å². The van der Waals surface area contributed by atoms with Gasteiger partial charge in [-0.1, -0.05) is 17.7 Å². The van der Waals surface area contributed by atoms with E-state index in [1.807, 2.05) is 36.1 Å². The van der Waals surface area contributed by atoms with Crippen LogP contribution in [0.4, 0.5) is 5.69 Å². The second-order valence-corrected chi connectivity index (χ2v) is 4.92. The van der Waals surface area contributed by atoms with E-state index in [0.29, 0.717) is 19.6 Å². The average molecular weight is 232 g/mol. The van der Waals surface area contributed by atoms with Crippen LogP contribution in [0.15, 0.2) is 24.3 Å². The van der Waals surface area contributed by atoms with Crippen LogP contribution in [-0.2, 0) is 4.79 Å². The van der Waals surface area contributed by atoms with Crippen molar-refractivity contribution in [2.24, 2.45) is 0 Å². The Morgan fingerprint density at radius 2 is 2.00 bits per heavy atom. The van der Waals surface area contributed by atoms with Gasteiger partial charge < -0.3 is 5.11 Å². The zero-order valence-corrected chi connectivity index (χ0v) is 9.84. The second-order valence-electron chi connectivity index (χ2n) is 4.92. The molecule has 1 aromatic rings. The number of fused-ring (bicyclic) bond motifs is 1. The molecule has 0 radical (unpaired) electrons. The van der Waals surface area contributed by atoms with Crippen molar-refractivity contribution >= 4 is 11.6 Å². The Morgan fingerprint density at radius 1 is 1.29 bits per heavy atom. The lowest BCUT2D eigenvalue weighted by atomic mass is 10.1. The first-order valence-corrected chi connectivity index (χ1v) is 5.95. The third-order valence-electron chi connectivity index (χ3n) is 3.60. The molecule has 2 fully saturated rings. The summed E-state index contributed by atoms with van der Waals surface area (Å²) in [5.74, 6) is 0.116. The van der Waals surface area contributed by atoms with E-state index >= 15 is 0 Å². The molecule has 0 spiro atoms. The van der Waals surface area contributed by atoms with Crippen LogP contribution >= 0.6 is 0 Å². The maximum atomic E-state index is 12.2. The number of aryl methyl sites for hydroxylation is 1. The van der Waals surface area contributed by atoms with E-state index in [0.717, 1.165) is 5.69 Å². The van der Waals surface area contributed by atoms with Gasteiger partial charge in [0.2, 0.25) is 5.91 Å². The number of aliphatic hydroxyl groups is 1. The first-order valence-electron chi connectivity index (χ1n) is 5.95. The maximum absolute atomic E-state index is 12.2. The van der Waals surface area contributed by atoms with Gasteiger partial charge in [-0.2, -0.15) is 0 Å². The molecule has 2 saturated heterocycles. The first-order chi connectivity index (χ1) is 8.15. The molecule has 0 aliphatic carbocycles. The highest BCUT2D eigenvalue weighted by Gasteiger charge is 2.44. The molecule has 2 aliphatic heterocycles. The minimum atomic E-state index is -0.343. The van der Waals surface area contributed by atoms with Crippen LogP contribution in [0.2, 0.25) is 0 Å². The number of nitrogens with zero attached hydrogens (tertiary/aromatic N) is 2. The van der Waals surface area contributed by atoms with Crippen LogP contribution in [0.1, 0.15) is 12.0 Å². The highest BCUT2D eigenvalue weighted by atomic mass is 16.3. The zero-order chi connectivity index (χ0) is 12.0. The maximum Gasteiger partial charge on any atom is 0.245 e. The minimum Gasteiger partial charge on any atom is -0.392 e. The summed E-state index contributed by atoms with van der Waals surface area (Å²) in [6.45, 7) is 3.24. The lowest BCUT2D eigenvalue weighted by Crippen LogP contribution is -2.30. The summed E-state index contributed by atoms with van der Waals surface area (Å²) in [6.07, 6.45) is 0.227. The van der Waals surface area contributed by atoms with Crippen molar-refractivity contribution in [3.05, 3.63) is 29.8 Å². The van der Waals surface area contributed by atoms with Gasteiger partial charge in [-0.05, 0) is 25.5 Å². The molecule has 0 saturated carbocycles. The predicted molar refractivity (Wildman–Crippen MR) is 64.6 cm³/mol. The summed E-state index contributed by atoms with van der Waals surface area (Å²) in [6, 6.07) is 7.87. The Morgan fingerprint density at radius 3 is 2.65 bits per heavy atom. The molecule has 2 atom stereocenters. The molecule has 0 aromatic heterocycles. The largest absolute Gasteiger partial charge is 0.392 e. The lowest BCUT2D eigenvalue weighted by molar-refractivity contribution is -0.119. The smallest absolute Gasteiger partial charge is 0.245 e. The van der Waals surface area contributed by atoms with E-state index in [9.17, 15) is 9.90 Å². The molecule has 90 valence electrons. The quantitative estimate of drug-likeness (QED) is 0.776. The van der Waals surface area contributed by atoms with Crippen molar-refractivity contribution < 1.29 is 9.90 Å². The number of hydrogen-bond donors (Lipinski definition) is 1. The lowest BCUT2D eigenvalue weighted by Gasteiger charge is -2.18. The Labute approximate surface area is 100 Å². The van der Waals surface area contributed by atoms with Crippen LogP contribution < -0.4 is 4.90 Å². The predicted octanol–water partition coefficient (Wildman–Crippen LogP) is 0.734. The van der Waals surface area contributed by atoms with E-state index in [1.54, 1.807) is 4.90 Å². The van der Waals surface area contributed by atoms with Gasteiger partial charge in [-0.25, -0.2) is 0 Å². The van der Waals surface area contributed by atoms with Gasteiger partial charge in [0.1, 0.15) is 0 Å². The van der Waals surface area contributed by atoms with Crippen LogP contribution in [0.3, 0.4) is 0 Å². The topological polar surface area (TPSA) is 43.8 Å². The van der Waals surface area contributed by atoms with Gasteiger partial charge in [0.05, 0.1) is 18.8 Å². The molecule has 0 bridgehead atoms. The molecule has 1 amide bonds. The number of rotatable bonds is 1. The molecule has 2 heterocycles. The van der Waals surface area contributed by atoms with E-state index in [1.165, 1.54) is 5.56 Å². The third-order valence-corrected chi connectivity index (χ3v) is 3.60. The van der Waals surface area contributed by atoms with Gasteiger partial charge in [0.15, 0.2) is 0 Å². The Hall–Kier alpha value is -1.39. The van der Waals surface area contributed by atoms with E-state index < -0.39 is 0 Å². The van der Waals surface area contributed by atoms with Crippen molar-refractivity contribution in [1.82, 2.24) is 4.90 Å². The standard InChI is InChI=1S/C13H16N2O2/c1-9-2-4-10(5-3-9)15-8-14-7-11(16)6-12(14)13(15)17/h2-5,11-12,16H,6-8H2,1H3/t11-,12-/m1/s1. The first kappa shape index (κ1) is 10.7. The number of carbonyl (C=O) groups is 1. The normalized spacial score (nSPS) is 28.8. The summed E-state index contributed by atoms with van der Waals surface area (Å²) in [5, 5.41) is 9.53. The van der Waals surface area contributed by atoms with Crippen molar-refractivity contribution in [2.75, 3.05) is 18.1 Å². The van der Waals surface area contributed by atoms with E-state index in [2.05, 4.69) is 0 Å². The molecule has 3 rings (SSSR count). The number of anilines is 1. The minimum absolute atomic E-state index is 0.116. The number of aliphatic hydroxyl groups excluding tert-OH is 1. The molecule has 1 aromatic carbocycles. The number of carbonyl (C=O) groups excluding carboxylic acids is 1. The molecule has 0 unspecified atom stereocenters. The molecule has 17 heavy (non-hydrogen) atoms. The summed E-state index contributed by atoms with van der Waals surface area (Å²) in [7, 11) is 0. The monoisotopic (exact) mass is 232 g/mol. The van der Waals surface area contributed by atoms with Gasteiger partial charge in [0, 0.05) is 12.2 Å². The molecular weight excluding hydrogens is 216 g/mol. The van der Waals surface area contributed by atoms with Crippen LogP contribution in [0.5, 0.6) is 0 Å². The van der Waals surface area contributed by atoms with Gasteiger partial charge in [-0.15, -0.1) is 0 Å². The summed E-state index contributed by atoms with van der Waals surface area (Å²) >= 11 is 0. The van der Waals surface area contributed by atoms with Crippen LogP contribution in [0, 0.1) is 6.92 Å². The number of hydrogen-bond acceptors (Lipinski definition) is 3. The van der Waals surface area contributed by atoms with E-state index in [-0.39, 0.29) is 18.1 Å². The number of benzene rings is 1. The fourth-order valence-corrected chi connectivity index (χ4v) is 2.66. The van der Waals surface area contributed by atoms with Crippen molar-refractivity contribution in [1.29, 1.82) is 0 Å². The van der Waals surface area contributed by atoms with Crippen molar-refractivity contribution in [2.45, 2.75) is 25.5 Å². The molecule has 1 N–H and O–H groups in total. The molecule has 2 aliphatic rings. The molecule has 4 heteroatoms. The molecular formula is C13H16N2O2. The van der Waals surface area contributed by atoms with Gasteiger partial charge >= 0.3 is 0 Å². The SMILES string of the molecule is Cc1ccc(N2CN3C[C@H](O)C[C@@H]3C2=O)cc1. The third kappa shape index (κ3) is 1.73. The highest BCUT2D eigenvalue weighted by molar-refractivity contribution is 5.99. The fraction of sp³-hybridized carbons (Fsp3) is 0.462. The Balaban J connectivity index is 1.83.